The fraction of sp³-hybridized carbons (Fsp3) is 0.333. The number of ketones is 1. The standard InChI is InChI=1S/C24H21Cl2FN2O4/c1-13-2-8-17-18(10-13)24(33)29(23(17)32)28(12-21(30)14-3-6-16(27)7-4-14)22(31)15-5-9-19(25)20(26)11-15/h3-7,9,11,13,17-18H,2,8,10,12H2,1H3/t13-,17+,18+/m1/s1. The summed E-state index contributed by atoms with van der Waals surface area (Å²) in [4.78, 5) is 52.9. The molecule has 3 amide bonds. The molecule has 0 radical (unpaired) electrons. The van der Waals surface area contributed by atoms with Crippen LogP contribution in [0.15, 0.2) is 42.5 Å². The lowest BCUT2D eigenvalue weighted by Crippen LogP contribution is -2.52. The van der Waals surface area contributed by atoms with E-state index in [-0.39, 0.29) is 27.1 Å². The van der Waals surface area contributed by atoms with E-state index in [1.165, 1.54) is 30.3 Å². The lowest BCUT2D eigenvalue weighted by Gasteiger charge is -2.30. The van der Waals surface area contributed by atoms with Gasteiger partial charge in [-0.2, -0.15) is 5.01 Å². The highest BCUT2D eigenvalue weighted by Crippen LogP contribution is 2.41. The number of carbonyl (C=O) groups is 4. The minimum Gasteiger partial charge on any atom is -0.292 e. The van der Waals surface area contributed by atoms with Gasteiger partial charge in [0.2, 0.25) is 0 Å². The van der Waals surface area contributed by atoms with Crippen LogP contribution in [-0.4, -0.2) is 40.1 Å². The van der Waals surface area contributed by atoms with Crippen molar-refractivity contribution in [3.05, 3.63) is 69.5 Å². The molecule has 3 atom stereocenters. The highest BCUT2D eigenvalue weighted by atomic mass is 35.5. The van der Waals surface area contributed by atoms with Gasteiger partial charge in [0.15, 0.2) is 5.78 Å². The smallest absolute Gasteiger partial charge is 0.273 e. The molecule has 2 aliphatic rings. The van der Waals surface area contributed by atoms with Crippen molar-refractivity contribution in [2.24, 2.45) is 17.8 Å². The van der Waals surface area contributed by atoms with Crippen LogP contribution in [0.25, 0.3) is 0 Å². The van der Waals surface area contributed by atoms with E-state index >= 15 is 0 Å². The number of imide groups is 1. The second-order valence-corrected chi connectivity index (χ2v) is 9.36. The van der Waals surface area contributed by atoms with Crippen LogP contribution in [0, 0.1) is 23.6 Å². The molecule has 172 valence electrons. The Bertz CT molecular complexity index is 1140. The molecule has 33 heavy (non-hydrogen) atoms. The second-order valence-electron chi connectivity index (χ2n) is 8.54. The van der Waals surface area contributed by atoms with Gasteiger partial charge in [-0.05, 0) is 67.6 Å². The van der Waals surface area contributed by atoms with Crippen molar-refractivity contribution in [1.29, 1.82) is 0 Å². The lowest BCUT2D eigenvalue weighted by molar-refractivity contribution is -0.154. The Morgan fingerprint density at radius 1 is 0.970 bits per heavy atom. The van der Waals surface area contributed by atoms with Crippen LogP contribution in [-0.2, 0) is 9.59 Å². The van der Waals surface area contributed by atoms with Crippen molar-refractivity contribution in [3.63, 3.8) is 0 Å². The number of amides is 3. The fourth-order valence-corrected chi connectivity index (χ4v) is 4.78. The van der Waals surface area contributed by atoms with Gasteiger partial charge in [0.1, 0.15) is 12.4 Å². The molecule has 2 fully saturated rings. The van der Waals surface area contributed by atoms with Gasteiger partial charge in [-0.25, -0.2) is 9.40 Å². The second kappa shape index (κ2) is 9.23. The molecular weight excluding hydrogens is 470 g/mol. The summed E-state index contributed by atoms with van der Waals surface area (Å²) in [6.45, 7) is 1.45. The summed E-state index contributed by atoms with van der Waals surface area (Å²) in [5, 5.41) is 2.04. The van der Waals surface area contributed by atoms with E-state index in [4.69, 9.17) is 23.2 Å². The maximum Gasteiger partial charge on any atom is 0.273 e. The molecule has 2 aromatic carbocycles. The first-order chi connectivity index (χ1) is 15.7. The van der Waals surface area contributed by atoms with E-state index in [1.54, 1.807) is 0 Å². The normalized spacial score (nSPS) is 22.3. The van der Waals surface area contributed by atoms with Crippen LogP contribution in [0.5, 0.6) is 0 Å². The van der Waals surface area contributed by atoms with Gasteiger partial charge in [-0.1, -0.05) is 30.1 Å². The molecule has 1 heterocycles. The summed E-state index contributed by atoms with van der Waals surface area (Å²) in [6.07, 6.45) is 1.91. The van der Waals surface area contributed by atoms with Gasteiger partial charge < -0.3 is 0 Å². The largest absolute Gasteiger partial charge is 0.292 e. The first-order valence-electron chi connectivity index (χ1n) is 10.6. The van der Waals surface area contributed by atoms with Gasteiger partial charge >= 0.3 is 0 Å². The molecule has 1 aliphatic heterocycles. The van der Waals surface area contributed by atoms with Crippen molar-refractivity contribution in [2.45, 2.75) is 26.2 Å². The predicted octanol–water partition coefficient (Wildman–Crippen LogP) is 4.79. The van der Waals surface area contributed by atoms with Gasteiger partial charge in [0, 0.05) is 11.1 Å². The molecule has 2 aromatic rings. The van der Waals surface area contributed by atoms with Gasteiger partial charge in [0.05, 0.1) is 21.9 Å². The fourth-order valence-electron chi connectivity index (χ4n) is 4.48. The van der Waals surface area contributed by atoms with Crippen LogP contribution in [0.3, 0.4) is 0 Å². The SMILES string of the molecule is C[C@@H]1CC[C@@H]2C(=O)N(N(CC(=O)c3ccc(F)cc3)C(=O)c3ccc(Cl)c(Cl)c3)C(=O)[C@H]2C1. The van der Waals surface area contributed by atoms with E-state index in [0.29, 0.717) is 12.8 Å². The third-order valence-electron chi connectivity index (χ3n) is 6.27. The van der Waals surface area contributed by atoms with Crippen molar-refractivity contribution < 1.29 is 23.6 Å². The Balaban J connectivity index is 1.70. The molecule has 1 saturated carbocycles. The molecule has 1 aliphatic carbocycles. The molecule has 6 nitrogen and oxygen atoms in total. The van der Waals surface area contributed by atoms with Gasteiger partial charge in [-0.3, -0.25) is 19.2 Å². The molecule has 4 rings (SSSR count). The zero-order chi connectivity index (χ0) is 23.9. The number of rotatable bonds is 5. The Hall–Kier alpha value is -2.77. The zero-order valence-corrected chi connectivity index (χ0v) is 19.3. The third kappa shape index (κ3) is 4.52. The summed E-state index contributed by atoms with van der Waals surface area (Å²) in [5.41, 5.74) is 0.216. The maximum atomic E-state index is 13.4. The first-order valence-corrected chi connectivity index (χ1v) is 11.4. The minimum atomic E-state index is -0.738. The molecule has 0 N–H and O–H groups in total. The molecule has 0 spiro atoms. The highest BCUT2D eigenvalue weighted by Gasteiger charge is 2.52. The highest BCUT2D eigenvalue weighted by molar-refractivity contribution is 6.42. The zero-order valence-electron chi connectivity index (χ0n) is 17.8. The molecule has 0 aromatic heterocycles. The van der Waals surface area contributed by atoms with E-state index < -0.39 is 47.7 Å². The first kappa shape index (κ1) is 23.4. The van der Waals surface area contributed by atoms with Crippen LogP contribution in [0.1, 0.15) is 46.9 Å². The number of carbonyl (C=O) groups excluding carboxylic acids is 4. The van der Waals surface area contributed by atoms with Crippen molar-refractivity contribution >= 4 is 46.7 Å². The van der Waals surface area contributed by atoms with E-state index in [9.17, 15) is 23.6 Å². The number of halogens is 3. The molecule has 1 saturated heterocycles. The van der Waals surface area contributed by atoms with Crippen LogP contribution < -0.4 is 0 Å². The van der Waals surface area contributed by atoms with E-state index in [2.05, 4.69) is 0 Å². The molecular formula is C24H21Cl2FN2O4. The van der Waals surface area contributed by atoms with Gasteiger partial charge in [-0.15, -0.1) is 0 Å². The van der Waals surface area contributed by atoms with Gasteiger partial charge in [0.25, 0.3) is 17.7 Å². The Labute approximate surface area is 200 Å². The number of Topliss-reactive ketones (excluding diaryl/α,β-unsaturated/α-hetero) is 1. The summed E-state index contributed by atoms with van der Waals surface area (Å²) < 4.78 is 13.3. The number of hydrogen-bond donors (Lipinski definition) is 0. The van der Waals surface area contributed by atoms with Crippen LogP contribution in [0.4, 0.5) is 4.39 Å². The number of hydrogen-bond acceptors (Lipinski definition) is 4. The summed E-state index contributed by atoms with van der Waals surface area (Å²) in [7, 11) is 0. The van der Waals surface area contributed by atoms with Crippen molar-refractivity contribution in [2.75, 3.05) is 6.54 Å². The topological polar surface area (TPSA) is 74.8 Å². The van der Waals surface area contributed by atoms with E-state index in [1.807, 2.05) is 6.92 Å². The Kier molecular flexibility index (Phi) is 6.54. The number of hydrazine groups is 1. The number of benzene rings is 2. The van der Waals surface area contributed by atoms with E-state index in [0.717, 1.165) is 28.6 Å². The van der Waals surface area contributed by atoms with Crippen molar-refractivity contribution in [1.82, 2.24) is 10.0 Å². The number of nitrogens with zero attached hydrogens (tertiary/aromatic N) is 2. The summed E-state index contributed by atoms with van der Waals surface area (Å²) in [6, 6.07) is 8.98. The average Bonchev–Trinajstić information content (AvgIpc) is 3.03. The third-order valence-corrected chi connectivity index (χ3v) is 7.01. The van der Waals surface area contributed by atoms with Crippen LogP contribution >= 0.6 is 23.2 Å². The number of fused-ring (bicyclic) bond motifs is 1. The predicted molar refractivity (Wildman–Crippen MR) is 120 cm³/mol. The minimum absolute atomic E-state index is 0.0696. The summed E-state index contributed by atoms with van der Waals surface area (Å²) >= 11 is 12.0. The molecule has 9 heteroatoms. The molecule has 0 bridgehead atoms. The Morgan fingerprint density at radius 2 is 1.61 bits per heavy atom. The Morgan fingerprint density at radius 3 is 2.27 bits per heavy atom. The monoisotopic (exact) mass is 490 g/mol. The average molecular weight is 491 g/mol. The molecule has 0 unspecified atom stereocenters. The maximum absolute atomic E-state index is 13.4. The lowest BCUT2D eigenvalue weighted by atomic mass is 9.76. The van der Waals surface area contributed by atoms with Crippen molar-refractivity contribution in [3.8, 4) is 0 Å². The van der Waals surface area contributed by atoms with Crippen LogP contribution in [0.2, 0.25) is 10.0 Å². The summed E-state index contributed by atoms with van der Waals surface area (Å²) in [5.74, 6) is -3.54. The quantitative estimate of drug-likeness (QED) is 0.445.